The third-order valence-corrected chi connectivity index (χ3v) is 6.51. The SMILES string of the molecule is COc1cc(C2C(C(=O)Nc3cccc(C)c3)=C(C)Nc3nnnn32)ccc1OCc1cccc(Br)c1. The summed E-state index contributed by atoms with van der Waals surface area (Å²) in [4.78, 5) is 13.6. The van der Waals surface area contributed by atoms with E-state index < -0.39 is 6.04 Å². The summed E-state index contributed by atoms with van der Waals surface area (Å²) in [5.74, 6) is 1.32. The first-order valence-corrected chi connectivity index (χ1v) is 12.4. The van der Waals surface area contributed by atoms with Crippen LogP contribution in [-0.2, 0) is 11.4 Å². The lowest BCUT2D eigenvalue weighted by molar-refractivity contribution is -0.113. The van der Waals surface area contributed by atoms with Crippen molar-refractivity contribution in [1.82, 2.24) is 20.2 Å². The zero-order valence-electron chi connectivity index (χ0n) is 20.5. The molecule has 2 N–H and O–H groups in total. The number of aryl methyl sites for hydroxylation is 1. The molecule has 1 aliphatic heterocycles. The molecule has 1 amide bonds. The summed E-state index contributed by atoms with van der Waals surface area (Å²) in [7, 11) is 1.59. The van der Waals surface area contributed by atoms with Gasteiger partial charge in [0.05, 0.1) is 12.7 Å². The average molecular weight is 561 g/mol. The molecule has 4 aromatic rings. The predicted octanol–water partition coefficient (Wildman–Crippen LogP) is 5.26. The molecular weight excluding hydrogens is 536 g/mol. The molecule has 1 unspecified atom stereocenters. The number of rotatable bonds is 7. The van der Waals surface area contributed by atoms with E-state index in [1.807, 2.05) is 80.6 Å². The maximum absolute atomic E-state index is 13.6. The van der Waals surface area contributed by atoms with Crippen LogP contribution in [0.25, 0.3) is 0 Å². The zero-order valence-corrected chi connectivity index (χ0v) is 22.1. The molecule has 2 heterocycles. The van der Waals surface area contributed by atoms with E-state index in [-0.39, 0.29) is 5.91 Å². The highest BCUT2D eigenvalue weighted by atomic mass is 79.9. The molecule has 9 nitrogen and oxygen atoms in total. The molecule has 0 saturated carbocycles. The summed E-state index contributed by atoms with van der Waals surface area (Å²) in [6.45, 7) is 4.19. The highest BCUT2D eigenvalue weighted by molar-refractivity contribution is 9.10. The predicted molar refractivity (Wildman–Crippen MR) is 144 cm³/mol. The van der Waals surface area contributed by atoms with Gasteiger partial charge in [-0.2, -0.15) is 4.68 Å². The van der Waals surface area contributed by atoms with Crippen molar-refractivity contribution in [3.63, 3.8) is 0 Å². The second-order valence-electron chi connectivity index (χ2n) is 8.67. The molecule has 0 radical (unpaired) electrons. The minimum absolute atomic E-state index is 0.254. The van der Waals surface area contributed by atoms with E-state index in [2.05, 4.69) is 42.1 Å². The van der Waals surface area contributed by atoms with Crippen molar-refractivity contribution in [2.24, 2.45) is 0 Å². The minimum Gasteiger partial charge on any atom is -0.493 e. The number of anilines is 2. The Bertz CT molecular complexity index is 1500. The Morgan fingerprint density at radius 2 is 1.92 bits per heavy atom. The van der Waals surface area contributed by atoms with Gasteiger partial charge < -0.3 is 20.1 Å². The van der Waals surface area contributed by atoms with Gasteiger partial charge in [-0.3, -0.25) is 4.79 Å². The number of carbonyl (C=O) groups excluding carboxylic acids is 1. The van der Waals surface area contributed by atoms with E-state index >= 15 is 0 Å². The van der Waals surface area contributed by atoms with Crippen molar-refractivity contribution in [2.75, 3.05) is 17.7 Å². The van der Waals surface area contributed by atoms with Crippen molar-refractivity contribution in [3.8, 4) is 11.5 Å². The van der Waals surface area contributed by atoms with Crippen LogP contribution in [0, 0.1) is 6.92 Å². The molecule has 0 bridgehead atoms. The van der Waals surface area contributed by atoms with Gasteiger partial charge in [-0.15, -0.1) is 0 Å². The highest BCUT2D eigenvalue weighted by Crippen LogP contribution is 2.39. The van der Waals surface area contributed by atoms with Gasteiger partial charge >= 0.3 is 0 Å². The van der Waals surface area contributed by atoms with Gasteiger partial charge in [0, 0.05) is 15.9 Å². The molecule has 1 atom stereocenters. The summed E-state index contributed by atoms with van der Waals surface area (Å²) in [5.41, 5.74) is 4.70. The van der Waals surface area contributed by atoms with Gasteiger partial charge in [-0.25, -0.2) is 0 Å². The number of amides is 1. The molecule has 0 spiro atoms. The van der Waals surface area contributed by atoms with Gasteiger partial charge in [0.2, 0.25) is 5.95 Å². The number of methoxy groups -OCH3 is 1. The van der Waals surface area contributed by atoms with Gasteiger partial charge in [-0.05, 0) is 77.4 Å². The standard InChI is InChI=1S/C27H25BrN6O3/c1-16-6-4-9-21(12-16)30-26(35)24-17(2)29-27-31-32-33-34(27)25(24)19-10-11-22(23(14-19)36-3)37-15-18-7-5-8-20(28)13-18/h4-14,25H,15H2,1-3H3,(H,30,35)(H,29,31,33). The molecule has 188 valence electrons. The van der Waals surface area contributed by atoms with E-state index in [1.165, 1.54) is 0 Å². The fourth-order valence-electron chi connectivity index (χ4n) is 4.30. The number of halogens is 1. The number of aromatic nitrogens is 4. The second-order valence-corrected chi connectivity index (χ2v) is 9.58. The van der Waals surface area contributed by atoms with Crippen molar-refractivity contribution in [2.45, 2.75) is 26.5 Å². The number of tetrazole rings is 1. The lowest BCUT2D eigenvalue weighted by atomic mass is 9.94. The number of fused-ring (bicyclic) bond motifs is 1. The molecule has 1 aromatic heterocycles. The number of benzene rings is 3. The Kier molecular flexibility index (Phi) is 6.91. The number of allylic oxidation sites excluding steroid dienone is 1. The monoisotopic (exact) mass is 560 g/mol. The summed E-state index contributed by atoms with van der Waals surface area (Å²) in [6.07, 6.45) is 0. The Labute approximate surface area is 222 Å². The Morgan fingerprint density at radius 3 is 2.70 bits per heavy atom. The lowest BCUT2D eigenvalue weighted by Crippen LogP contribution is -2.31. The van der Waals surface area contributed by atoms with Crippen molar-refractivity contribution in [1.29, 1.82) is 0 Å². The first-order chi connectivity index (χ1) is 17.9. The third kappa shape index (κ3) is 5.19. The number of hydrogen-bond acceptors (Lipinski definition) is 7. The van der Waals surface area contributed by atoms with Crippen molar-refractivity contribution in [3.05, 3.63) is 99.2 Å². The van der Waals surface area contributed by atoms with E-state index in [1.54, 1.807) is 11.8 Å². The van der Waals surface area contributed by atoms with E-state index in [0.717, 1.165) is 21.2 Å². The molecule has 5 rings (SSSR count). The fraction of sp³-hybridized carbons (Fsp3) is 0.185. The van der Waals surface area contributed by atoms with Crippen molar-refractivity contribution < 1.29 is 14.3 Å². The summed E-state index contributed by atoms with van der Waals surface area (Å²) >= 11 is 3.49. The first kappa shape index (κ1) is 24.5. The van der Waals surface area contributed by atoms with Gasteiger partial charge in [0.1, 0.15) is 12.6 Å². The average Bonchev–Trinajstić information content (AvgIpc) is 3.34. The Balaban J connectivity index is 1.47. The fourth-order valence-corrected chi connectivity index (χ4v) is 4.74. The quantitative estimate of drug-likeness (QED) is 0.317. The van der Waals surface area contributed by atoms with Crippen molar-refractivity contribution >= 4 is 33.5 Å². The maximum Gasteiger partial charge on any atom is 0.255 e. The molecule has 0 fully saturated rings. The molecule has 1 aliphatic rings. The number of ether oxygens (including phenoxy) is 2. The Hall–Kier alpha value is -4.18. The van der Waals surface area contributed by atoms with Crippen LogP contribution < -0.4 is 20.1 Å². The van der Waals surface area contributed by atoms with Gasteiger partial charge in [0.25, 0.3) is 5.91 Å². The summed E-state index contributed by atoms with van der Waals surface area (Å²) < 4.78 is 14.3. The molecular formula is C27H25BrN6O3. The minimum atomic E-state index is -0.580. The van der Waals surface area contributed by atoms with Crippen LogP contribution in [0.5, 0.6) is 11.5 Å². The topological polar surface area (TPSA) is 103 Å². The van der Waals surface area contributed by atoms with Crippen LogP contribution in [0.2, 0.25) is 0 Å². The summed E-state index contributed by atoms with van der Waals surface area (Å²) in [5, 5.41) is 18.2. The largest absolute Gasteiger partial charge is 0.493 e. The molecule has 3 aromatic carbocycles. The smallest absolute Gasteiger partial charge is 0.255 e. The molecule has 0 saturated heterocycles. The highest BCUT2D eigenvalue weighted by Gasteiger charge is 2.34. The van der Waals surface area contributed by atoms with Crippen LogP contribution in [0.15, 0.2) is 82.5 Å². The van der Waals surface area contributed by atoms with Crippen LogP contribution in [0.1, 0.15) is 29.7 Å². The van der Waals surface area contributed by atoms with E-state index in [0.29, 0.717) is 41.0 Å². The third-order valence-electron chi connectivity index (χ3n) is 6.02. The molecule has 37 heavy (non-hydrogen) atoms. The van der Waals surface area contributed by atoms with Crippen LogP contribution in [0.3, 0.4) is 0 Å². The van der Waals surface area contributed by atoms with Crippen LogP contribution in [0.4, 0.5) is 11.6 Å². The zero-order chi connectivity index (χ0) is 25.9. The van der Waals surface area contributed by atoms with Crippen LogP contribution in [-0.4, -0.2) is 33.2 Å². The van der Waals surface area contributed by atoms with E-state index in [9.17, 15) is 4.79 Å². The van der Waals surface area contributed by atoms with Gasteiger partial charge in [0.15, 0.2) is 11.5 Å². The summed E-state index contributed by atoms with van der Waals surface area (Å²) in [6, 6.07) is 20.6. The normalized spacial score (nSPS) is 14.5. The lowest BCUT2D eigenvalue weighted by Gasteiger charge is -2.28. The first-order valence-electron chi connectivity index (χ1n) is 11.6. The maximum atomic E-state index is 13.6. The van der Waals surface area contributed by atoms with E-state index in [4.69, 9.17) is 9.47 Å². The van der Waals surface area contributed by atoms with Gasteiger partial charge in [-0.1, -0.05) is 51.4 Å². The number of hydrogen-bond donors (Lipinski definition) is 2. The number of carbonyl (C=O) groups is 1. The molecule has 10 heteroatoms. The van der Waals surface area contributed by atoms with Crippen LogP contribution >= 0.6 is 15.9 Å². The number of nitrogens with zero attached hydrogens (tertiary/aromatic N) is 4. The Morgan fingerprint density at radius 1 is 1.08 bits per heavy atom. The molecule has 0 aliphatic carbocycles. The second kappa shape index (κ2) is 10.4. The number of nitrogens with one attached hydrogen (secondary N) is 2.